The third kappa shape index (κ3) is 1.52. The van der Waals surface area contributed by atoms with Crippen molar-refractivity contribution in [2.24, 2.45) is 0 Å². The van der Waals surface area contributed by atoms with Gasteiger partial charge in [0, 0.05) is 0 Å². The van der Waals surface area contributed by atoms with Crippen molar-refractivity contribution in [3.63, 3.8) is 0 Å². The number of fused-ring (bicyclic) bond motifs is 2. The fraction of sp³-hybridized carbons (Fsp3) is 0.588. The van der Waals surface area contributed by atoms with Crippen molar-refractivity contribution >= 4 is 0 Å². The van der Waals surface area contributed by atoms with E-state index in [9.17, 15) is 5.26 Å². The summed E-state index contributed by atoms with van der Waals surface area (Å²) in [5.41, 5.74) is 8.69. The van der Waals surface area contributed by atoms with Gasteiger partial charge in [0.15, 0.2) is 0 Å². The second-order valence-corrected chi connectivity index (χ2v) is 6.73. The van der Waals surface area contributed by atoms with Crippen LogP contribution in [0.3, 0.4) is 0 Å². The number of hydrogen-bond donors (Lipinski definition) is 0. The Balaban J connectivity index is 2.38. The molecule has 1 nitrogen and oxygen atoms in total. The standard InChI is InChI=1S/C17H21N/c1-17(2,3)16-13-8-4-6-11(13)15(10-18)12-7-5-9-14(12)16/h4-9H2,1-3H3. The second-order valence-electron chi connectivity index (χ2n) is 6.73. The van der Waals surface area contributed by atoms with Gasteiger partial charge in [0.2, 0.25) is 0 Å². The fourth-order valence-electron chi connectivity index (χ4n) is 4.00. The Labute approximate surface area is 110 Å². The highest BCUT2D eigenvalue weighted by atomic mass is 14.4. The summed E-state index contributed by atoms with van der Waals surface area (Å²) in [4.78, 5) is 0. The molecule has 0 bridgehead atoms. The minimum absolute atomic E-state index is 0.219. The van der Waals surface area contributed by atoms with E-state index in [1.807, 2.05) is 0 Å². The predicted octanol–water partition coefficient (Wildman–Crippen LogP) is 3.83. The summed E-state index contributed by atoms with van der Waals surface area (Å²) < 4.78 is 0. The Kier molecular flexibility index (Phi) is 2.52. The molecular weight excluding hydrogens is 218 g/mol. The van der Waals surface area contributed by atoms with Crippen LogP contribution in [0, 0.1) is 11.3 Å². The van der Waals surface area contributed by atoms with Gasteiger partial charge >= 0.3 is 0 Å². The molecule has 1 aromatic carbocycles. The Morgan fingerprint density at radius 1 is 0.833 bits per heavy atom. The van der Waals surface area contributed by atoms with Crippen LogP contribution in [0.4, 0.5) is 0 Å². The van der Waals surface area contributed by atoms with Crippen molar-refractivity contribution in [1.29, 1.82) is 5.26 Å². The average Bonchev–Trinajstić information content (AvgIpc) is 2.90. The van der Waals surface area contributed by atoms with Gasteiger partial charge in [-0.05, 0) is 71.8 Å². The summed E-state index contributed by atoms with van der Waals surface area (Å²) in [6.07, 6.45) is 7.07. The van der Waals surface area contributed by atoms with Crippen molar-refractivity contribution in [2.75, 3.05) is 0 Å². The fourth-order valence-corrected chi connectivity index (χ4v) is 4.00. The van der Waals surface area contributed by atoms with E-state index in [4.69, 9.17) is 0 Å². The van der Waals surface area contributed by atoms with Crippen LogP contribution in [0.2, 0.25) is 0 Å². The molecular formula is C17H21N. The molecule has 0 radical (unpaired) electrons. The van der Waals surface area contributed by atoms with Crippen molar-refractivity contribution in [3.8, 4) is 6.07 Å². The monoisotopic (exact) mass is 239 g/mol. The minimum atomic E-state index is 0.219. The van der Waals surface area contributed by atoms with Gasteiger partial charge < -0.3 is 0 Å². The van der Waals surface area contributed by atoms with E-state index in [1.54, 1.807) is 5.56 Å². The number of nitrogens with zero attached hydrogens (tertiary/aromatic N) is 1. The summed E-state index contributed by atoms with van der Waals surface area (Å²) in [6.45, 7) is 6.97. The van der Waals surface area contributed by atoms with Gasteiger partial charge in [0.1, 0.15) is 0 Å². The lowest BCUT2D eigenvalue weighted by Gasteiger charge is -2.27. The summed E-state index contributed by atoms with van der Waals surface area (Å²) in [6, 6.07) is 2.51. The zero-order chi connectivity index (χ0) is 12.9. The topological polar surface area (TPSA) is 23.8 Å². The lowest BCUT2D eigenvalue weighted by molar-refractivity contribution is 0.576. The minimum Gasteiger partial charge on any atom is -0.192 e. The molecule has 0 aromatic heterocycles. The third-order valence-electron chi connectivity index (χ3n) is 4.50. The van der Waals surface area contributed by atoms with Crippen LogP contribution in [-0.4, -0.2) is 0 Å². The van der Waals surface area contributed by atoms with Gasteiger partial charge in [-0.15, -0.1) is 0 Å². The second kappa shape index (κ2) is 3.85. The zero-order valence-corrected chi connectivity index (χ0v) is 11.7. The van der Waals surface area contributed by atoms with Crippen LogP contribution >= 0.6 is 0 Å². The van der Waals surface area contributed by atoms with Crippen molar-refractivity contribution in [1.82, 2.24) is 0 Å². The highest BCUT2D eigenvalue weighted by Crippen LogP contribution is 2.43. The predicted molar refractivity (Wildman–Crippen MR) is 73.9 cm³/mol. The zero-order valence-electron chi connectivity index (χ0n) is 11.7. The molecule has 2 aliphatic rings. The van der Waals surface area contributed by atoms with Crippen molar-refractivity contribution in [3.05, 3.63) is 33.4 Å². The summed E-state index contributed by atoms with van der Waals surface area (Å²) in [5.74, 6) is 0. The first-order valence-electron chi connectivity index (χ1n) is 7.14. The van der Waals surface area contributed by atoms with Gasteiger partial charge in [0.05, 0.1) is 11.6 Å². The number of nitriles is 1. The maximum atomic E-state index is 9.51. The Hall–Kier alpha value is -1.29. The molecule has 0 aliphatic heterocycles. The van der Waals surface area contributed by atoms with E-state index in [-0.39, 0.29) is 5.41 Å². The van der Waals surface area contributed by atoms with Crippen LogP contribution in [0.25, 0.3) is 0 Å². The molecule has 18 heavy (non-hydrogen) atoms. The molecule has 3 rings (SSSR count). The first kappa shape index (κ1) is 11.8. The molecule has 0 saturated heterocycles. The van der Waals surface area contributed by atoms with Crippen LogP contribution < -0.4 is 0 Å². The van der Waals surface area contributed by atoms with Crippen LogP contribution in [0.15, 0.2) is 0 Å². The average molecular weight is 239 g/mol. The quantitative estimate of drug-likeness (QED) is 0.675. The molecule has 94 valence electrons. The Morgan fingerprint density at radius 3 is 1.67 bits per heavy atom. The Morgan fingerprint density at radius 2 is 1.28 bits per heavy atom. The number of benzene rings is 1. The van der Waals surface area contributed by atoms with Crippen LogP contribution in [0.5, 0.6) is 0 Å². The molecule has 0 atom stereocenters. The van der Waals surface area contributed by atoms with Crippen molar-refractivity contribution < 1.29 is 0 Å². The van der Waals surface area contributed by atoms with Gasteiger partial charge in [-0.2, -0.15) is 5.26 Å². The van der Waals surface area contributed by atoms with E-state index in [2.05, 4.69) is 26.8 Å². The molecule has 0 heterocycles. The molecule has 0 unspecified atom stereocenters. The maximum Gasteiger partial charge on any atom is 0.0997 e. The third-order valence-corrected chi connectivity index (χ3v) is 4.50. The molecule has 1 heteroatoms. The highest BCUT2D eigenvalue weighted by molar-refractivity contribution is 5.61. The maximum absolute atomic E-state index is 9.51. The van der Waals surface area contributed by atoms with E-state index in [1.165, 1.54) is 47.9 Å². The van der Waals surface area contributed by atoms with Gasteiger partial charge in [-0.3, -0.25) is 0 Å². The van der Waals surface area contributed by atoms with E-state index in [0.29, 0.717) is 0 Å². The van der Waals surface area contributed by atoms with Gasteiger partial charge in [-0.1, -0.05) is 20.8 Å². The van der Waals surface area contributed by atoms with Gasteiger partial charge in [0.25, 0.3) is 0 Å². The van der Waals surface area contributed by atoms with Gasteiger partial charge in [-0.25, -0.2) is 0 Å². The molecule has 0 N–H and O–H groups in total. The normalized spacial score (nSPS) is 17.4. The first-order chi connectivity index (χ1) is 8.54. The number of rotatable bonds is 0. The summed E-state index contributed by atoms with van der Waals surface area (Å²) in [7, 11) is 0. The smallest absolute Gasteiger partial charge is 0.0997 e. The Bertz CT molecular complexity index is 517. The molecule has 1 aromatic rings. The summed E-state index contributed by atoms with van der Waals surface area (Å²) in [5, 5.41) is 9.51. The molecule has 0 amide bonds. The summed E-state index contributed by atoms with van der Waals surface area (Å²) >= 11 is 0. The van der Waals surface area contributed by atoms with Crippen LogP contribution in [0.1, 0.15) is 67.0 Å². The van der Waals surface area contributed by atoms with Crippen LogP contribution in [-0.2, 0) is 31.1 Å². The molecule has 0 spiro atoms. The number of hydrogen-bond acceptors (Lipinski definition) is 1. The first-order valence-corrected chi connectivity index (χ1v) is 7.14. The van der Waals surface area contributed by atoms with Crippen molar-refractivity contribution in [2.45, 2.75) is 64.7 Å². The molecule has 0 saturated carbocycles. The lowest BCUT2D eigenvalue weighted by Crippen LogP contribution is -2.18. The lowest BCUT2D eigenvalue weighted by atomic mass is 9.77. The largest absolute Gasteiger partial charge is 0.192 e. The molecule has 2 aliphatic carbocycles. The van der Waals surface area contributed by atoms with E-state index in [0.717, 1.165) is 18.4 Å². The molecule has 0 fully saturated rings. The van der Waals surface area contributed by atoms with E-state index >= 15 is 0 Å². The van der Waals surface area contributed by atoms with E-state index < -0.39 is 0 Å². The SMILES string of the molecule is CC(C)(C)c1c2c(c(C#N)c3c1CCC3)CCC2. The highest BCUT2D eigenvalue weighted by Gasteiger charge is 2.32.